The van der Waals surface area contributed by atoms with Crippen molar-refractivity contribution >= 4 is 44.6 Å². The third-order valence-corrected chi connectivity index (χ3v) is 5.56. The van der Waals surface area contributed by atoms with Crippen molar-refractivity contribution in [2.75, 3.05) is 18.5 Å². The van der Waals surface area contributed by atoms with Gasteiger partial charge in [-0.25, -0.2) is 4.99 Å². The molecule has 0 aliphatic carbocycles. The van der Waals surface area contributed by atoms with Crippen LogP contribution in [0, 0.1) is 0 Å². The molecule has 0 amide bonds. The first-order valence-electron chi connectivity index (χ1n) is 8.25. The van der Waals surface area contributed by atoms with E-state index in [-0.39, 0.29) is 0 Å². The Balaban J connectivity index is 1.51. The fourth-order valence-corrected chi connectivity index (χ4v) is 3.91. The van der Waals surface area contributed by atoms with Crippen LogP contribution in [-0.2, 0) is 0 Å². The van der Waals surface area contributed by atoms with Crippen molar-refractivity contribution < 1.29 is 14.6 Å². The molecule has 2 N–H and O–H groups in total. The fourth-order valence-electron chi connectivity index (χ4n) is 2.64. The maximum absolute atomic E-state index is 10.3. The molecule has 7 heteroatoms. The first kappa shape index (κ1) is 17.5. The maximum Gasteiger partial charge on any atom is 0.180 e. The van der Waals surface area contributed by atoms with Gasteiger partial charge in [0.05, 0.1) is 18.9 Å². The third kappa shape index (κ3) is 3.90. The highest BCUT2D eigenvalue weighted by Crippen LogP contribution is 2.36. The van der Waals surface area contributed by atoms with Gasteiger partial charge in [0.1, 0.15) is 0 Å². The molecule has 0 saturated heterocycles. The normalized spacial score (nSPS) is 20.6. The molecular formula is C19H17BrN2O3S. The molecule has 2 aliphatic rings. The summed E-state index contributed by atoms with van der Waals surface area (Å²) >= 11 is 4.92. The van der Waals surface area contributed by atoms with Crippen molar-refractivity contribution in [1.82, 2.24) is 0 Å². The predicted molar refractivity (Wildman–Crippen MR) is 109 cm³/mol. The van der Waals surface area contributed by atoms with E-state index in [4.69, 9.17) is 9.47 Å². The number of fused-ring (bicyclic) bond motifs is 1. The zero-order valence-electron chi connectivity index (χ0n) is 13.8. The third-order valence-electron chi connectivity index (χ3n) is 3.90. The van der Waals surface area contributed by atoms with Crippen molar-refractivity contribution in [1.29, 1.82) is 0 Å². The number of aliphatic hydroxyl groups is 1. The average Bonchev–Trinajstić information content (AvgIpc) is 2.83. The van der Waals surface area contributed by atoms with E-state index in [1.54, 1.807) is 0 Å². The van der Waals surface area contributed by atoms with E-state index < -0.39 is 6.23 Å². The molecule has 0 fully saturated rings. The SMILES string of the molecule is OC1N=C(Nc2ccccc2Br)S/C1=C\c1ccc2c(c1)OCCCO2. The van der Waals surface area contributed by atoms with Gasteiger partial charge in [-0.05, 0) is 51.8 Å². The number of halogens is 1. The minimum atomic E-state index is -0.874. The standard InChI is InChI=1S/C19H17BrN2O3S/c20-13-4-1-2-5-14(13)21-19-22-18(23)17(26-19)11-12-6-7-15-16(10-12)25-9-3-8-24-15/h1-2,4-7,10-11,18,23H,3,8-9H2,(H,21,22)/b17-11-. The molecule has 134 valence electrons. The Morgan fingerprint density at radius 2 is 1.96 bits per heavy atom. The van der Waals surface area contributed by atoms with E-state index in [0.717, 1.165) is 38.5 Å². The smallest absolute Gasteiger partial charge is 0.180 e. The number of anilines is 1. The van der Waals surface area contributed by atoms with Crippen LogP contribution in [-0.4, -0.2) is 29.7 Å². The van der Waals surface area contributed by atoms with Crippen molar-refractivity contribution in [2.45, 2.75) is 12.6 Å². The van der Waals surface area contributed by atoms with Crippen LogP contribution in [0.15, 0.2) is 56.8 Å². The van der Waals surface area contributed by atoms with Gasteiger partial charge in [-0.15, -0.1) is 0 Å². The molecular weight excluding hydrogens is 416 g/mol. The summed E-state index contributed by atoms with van der Waals surface area (Å²) in [5.41, 5.74) is 1.84. The molecule has 26 heavy (non-hydrogen) atoms. The molecule has 4 rings (SSSR count). The number of rotatable bonds is 2. The quantitative estimate of drug-likeness (QED) is 0.731. The van der Waals surface area contributed by atoms with Gasteiger partial charge < -0.3 is 19.9 Å². The van der Waals surface area contributed by atoms with E-state index in [0.29, 0.717) is 18.4 Å². The Hall–Kier alpha value is -1.96. The van der Waals surface area contributed by atoms with Crippen LogP contribution >= 0.6 is 27.7 Å². The monoisotopic (exact) mass is 432 g/mol. The van der Waals surface area contributed by atoms with Crippen molar-refractivity contribution in [3.8, 4) is 11.5 Å². The molecule has 0 aromatic heterocycles. The number of hydrogen-bond donors (Lipinski definition) is 2. The van der Waals surface area contributed by atoms with Gasteiger partial charge in [0.15, 0.2) is 22.9 Å². The number of nitrogens with zero attached hydrogens (tertiary/aromatic N) is 1. The minimum absolute atomic E-state index is 0.646. The zero-order chi connectivity index (χ0) is 17.9. The molecule has 1 unspecified atom stereocenters. The van der Waals surface area contributed by atoms with E-state index in [2.05, 4.69) is 26.2 Å². The van der Waals surface area contributed by atoms with Crippen molar-refractivity contribution in [3.05, 3.63) is 57.4 Å². The Morgan fingerprint density at radius 1 is 1.15 bits per heavy atom. The summed E-state index contributed by atoms with van der Waals surface area (Å²) in [6.07, 6.45) is 1.92. The number of benzene rings is 2. The van der Waals surface area contributed by atoms with Crippen LogP contribution in [0.2, 0.25) is 0 Å². The van der Waals surface area contributed by atoms with E-state index in [1.807, 2.05) is 48.5 Å². The lowest BCUT2D eigenvalue weighted by atomic mass is 10.2. The molecule has 0 radical (unpaired) electrons. The molecule has 0 spiro atoms. The van der Waals surface area contributed by atoms with Crippen molar-refractivity contribution in [2.24, 2.45) is 4.99 Å². The first-order chi connectivity index (χ1) is 12.7. The van der Waals surface area contributed by atoms with Crippen molar-refractivity contribution in [3.63, 3.8) is 0 Å². The summed E-state index contributed by atoms with van der Waals surface area (Å²) in [7, 11) is 0. The number of nitrogens with one attached hydrogen (secondary N) is 1. The summed E-state index contributed by atoms with van der Waals surface area (Å²) in [5, 5.41) is 14.2. The molecule has 2 aromatic carbocycles. The lowest BCUT2D eigenvalue weighted by molar-refractivity contribution is 0.233. The predicted octanol–water partition coefficient (Wildman–Crippen LogP) is 4.48. The van der Waals surface area contributed by atoms with Gasteiger partial charge in [-0.2, -0.15) is 0 Å². The maximum atomic E-state index is 10.3. The summed E-state index contributed by atoms with van der Waals surface area (Å²) in [6.45, 7) is 1.31. The summed E-state index contributed by atoms with van der Waals surface area (Å²) < 4.78 is 12.3. The van der Waals surface area contributed by atoms with Crippen LogP contribution in [0.25, 0.3) is 6.08 Å². The number of amidine groups is 1. The van der Waals surface area contributed by atoms with Gasteiger partial charge in [0.25, 0.3) is 0 Å². The lowest BCUT2D eigenvalue weighted by Gasteiger charge is -2.08. The highest BCUT2D eigenvalue weighted by Gasteiger charge is 2.23. The number of thioether (sulfide) groups is 1. The second kappa shape index (κ2) is 7.73. The number of hydrogen-bond acceptors (Lipinski definition) is 6. The summed E-state index contributed by atoms with van der Waals surface area (Å²) in [5.74, 6) is 1.50. The average molecular weight is 433 g/mol. The lowest BCUT2D eigenvalue weighted by Crippen LogP contribution is -2.05. The second-order valence-corrected chi connectivity index (χ2v) is 7.73. The molecule has 0 saturated carbocycles. The van der Waals surface area contributed by atoms with E-state index >= 15 is 0 Å². The Morgan fingerprint density at radius 3 is 2.81 bits per heavy atom. The molecule has 1 atom stereocenters. The molecule has 2 aromatic rings. The molecule has 5 nitrogen and oxygen atoms in total. The van der Waals surface area contributed by atoms with E-state index in [9.17, 15) is 5.11 Å². The van der Waals surface area contributed by atoms with Gasteiger partial charge in [0, 0.05) is 15.8 Å². The van der Waals surface area contributed by atoms with Gasteiger partial charge >= 0.3 is 0 Å². The Labute approximate surface area is 164 Å². The van der Waals surface area contributed by atoms with Crippen LogP contribution in [0.3, 0.4) is 0 Å². The molecule has 2 heterocycles. The van der Waals surface area contributed by atoms with Crippen LogP contribution in [0.5, 0.6) is 11.5 Å². The topological polar surface area (TPSA) is 63.1 Å². The number of aliphatic imine (C=N–C) groups is 1. The second-order valence-electron chi connectivity index (χ2n) is 5.82. The number of para-hydroxylation sites is 1. The zero-order valence-corrected chi connectivity index (χ0v) is 16.2. The highest BCUT2D eigenvalue weighted by atomic mass is 79.9. The van der Waals surface area contributed by atoms with E-state index in [1.165, 1.54) is 11.8 Å². The largest absolute Gasteiger partial charge is 0.490 e. The Bertz CT molecular complexity index is 885. The number of ether oxygens (including phenoxy) is 2. The highest BCUT2D eigenvalue weighted by molar-refractivity contribution is 9.10. The van der Waals surface area contributed by atoms with Crippen LogP contribution in [0.4, 0.5) is 5.69 Å². The fraction of sp³-hybridized carbons (Fsp3) is 0.211. The number of aliphatic hydroxyl groups excluding tert-OH is 1. The van der Waals surface area contributed by atoms with Gasteiger partial charge in [-0.3, -0.25) is 0 Å². The van der Waals surface area contributed by atoms with Crippen LogP contribution in [0.1, 0.15) is 12.0 Å². The minimum Gasteiger partial charge on any atom is -0.490 e. The van der Waals surface area contributed by atoms with Gasteiger partial charge in [-0.1, -0.05) is 30.0 Å². The molecule has 2 aliphatic heterocycles. The summed E-state index contributed by atoms with van der Waals surface area (Å²) in [6, 6.07) is 13.6. The van der Waals surface area contributed by atoms with Crippen LogP contribution < -0.4 is 14.8 Å². The molecule has 0 bridgehead atoms. The summed E-state index contributed by atoms with van der Waals surface area (Å²) in [4.78, 5) is 5.04. The Kier molecular flexibility index (Phi) is 5.19. The van der Waals surface area contributed by atoms with Gasteiger partial charge in [0.2, 0.25) is 0 Å². The first-order valence-corrected chi connectivity index (χ1v) is 9.86.